The Hall–Kier alpha value is -0.910. The van der Waals surface area contributed by atoms with E-state index in [2.05, 4.69) is 19.2 Å². The standard InChI is InChI=1S/C15H25NO3S/c1-4-16-14(9-10-17)11-20(18,19)15-7-5-13(6-8-15)12(2)3/h5-8,12,14,16-17H,4,9-11H2,1-3H3. The molecule has 0 aliphatic rings. The second-order valence-electron chi connectivity index (χ2n) is 5.27. The molecule has 4 nitrogen and oxygen atoms in total. The quantitative estimate of drug-likeness (QED) is 0.770. The minimum atomic E-state index is -3.32. The van der Waals surface area contributed by atoms with Crippen molar-refractivity contribution in [2.24, 2.45) is 0 Å². The van der Waals surface area contributed by atoms with Crippen LogP contribution in [0.2, 0.25) is 0 Å². The highest BCUT2D eigenvalue weighted by atomic mass is 32.2. The van der Waals surface area contributed by atoms with Crippen LogP contribution in [0, 0.1) is 0 Å². The first-order valence-corrected chi connectivity index (χ1v) is 8.73. The third kappa shape index (κ3) is 4.89. The summed E-state index contributed by atoms with van der Waals surface area (Å²) in [4.78, 5) is 0.350. The summed E-state index contributed by atoms with van der Waals surface area (Å²) >= 11 is 0. The van der Waals surface area contributed by atoms with Gasteiger partial charge in [-0.3, -0.25) is 0 Å². The summed E-state index contributed by atoms with van der Waals surface area (Å²) in [6.45, 7) is 6.75. The average molecular weight is 299 g/mol. The van der Waals surface area contributed by atoms with Crippen LogP contribution < -0.4 is 5.32 Å². The van der Waals surface area contributed by atoms with Crippen LogP contribution in [0.4, 0.5) is 0 Å². The van der Waals surface area contributed by atoms with Crippen LogP contribution in [0.3, 0.4) is 0 Å². The zero-order valence-electron chi connectivity index (χ0n) is 12.5. The number of nitrogens with one attached hydrogen (secondary N) is 1. The zero-order chi connectivity index (χ0) is 15.2. The van der Waals surface area contributed by atoms with Crippen molar-refractivity contribution in [2.45, 2.75) is 44.0 Å². The predicted molar refractivity (Wildman–Crippen MR) is 81.8 cm³/mol. The van der Waals surface area contributed by atoms with Gasteiger partial charge in [0.25, 0.3) is 0 Å². The van der Waals surface area contributed by atoms with E-state index in [4.69, 9.17) is 5.11 Å². The molecule has 20 heavy (non-hydrogen) atoms. The minimum absolute atomic E-state index is 0.0144. The fourth-order valence-corrected chi connectivity index (χ4v) is 3.67. The minimum Gasteiger partial charge on any atom is -0.396 e. The summed E-state index contributed by atoms with van der Waals surface area (Å²) < 4.78 is 24.7. The van der Waals surface area contributed by atoms with E-state index in [9.17, 15) is 8.42 Å². The van der Waals surface area contributed by atoms with Crippen LogP contribution in [0.1, 0.15) is 38.7 Å². The molecule has 114 valence electrons. The van der Waals surface area contributed by atoms with Gasteiger partial charge in [-0.2, -0.15) is 0 Å². The molecule has 0 amide bonds. The summed E-state index contributed by atoms with van der Waals surface area (Å²) in [6.07, 6.45) is 0.442. The van der Waals surface area contributed by atoms with Gasteiger partial charge in [-0.1, -0.05) is 32.9 Å². The van der Waals surface area contributed by atoms with Crippen molar-refractivity contribution in [3.05, 3.63) is 29.8 Å². The van der Waals surface area contributed by atoms with Gasteiger partial charge in [0.1, 0.15) is 0 Å². The zero-order valence-corrected chi connectivity index (χ0v) is 13.3. The molecule has 0 aromatic heterocycles. The van der Waals surface area contributed by atoms with E-state index in [1.54, 1.807) is 12.1 Å². The van der Waals surface area contributed by atoms with Crippen molar-refractivity contribution < 1.29 is 13.5 Å². The lowest BCUT2D eigenvalue weighted by Crippen LogP contribution is -2.36. The maximum absolute atomic E-state index is 12.4. The fourth-order valence-electron chi connectivity index (χ4n) is 2.11. The molecule has 0 heterocycles. The highest BCUT2D eigenvalue weighted by Gasteiger charge is 2.20. The summed E-state index contributed by atoms with van der Waals surface area (Å²) in [6, 6.07) is 6.87. The fraction of sp³-hybridized carbons (Fsp3) is 0.600. The molecule has 1 aromatic rings. The van der Waals surface area contributed by atoms with Crippen LogP contribution >= 0.6 is 0 Å². The van der Waals surface area contributed by atoms with Crippen molar-refractivity contribution in [1.29, 1.82) is 0 Å². The Morgan fingerprint density at radius 2 is 1.80 bits per heavy atom. The number of benzene rings is 1. The highest BCUT2D eigenvalue weighted by molar-refractivity contribution is 7.91. The third-order valence-corrected chi connectivity index (χ3v) is 5.13. The SMILES string of the molecule is CCNC(CCO)CS(=O)(=O)c1ccc(C(C)C)cc1. The third-order valence-electron chi connectivity index (χ3n) is 3.30. The largest absolute Gasteiger partial charge is 0.396 e. The first kappa shape index (κ1) is 17.1. The second kappa shape index (κ2) is 7.76. The summed E-state index contributed by atoms with van der Waals surface area (Å²) in [5.74, 6) is 0.401. The van der Waals surface area contributed by atoms with Crippen LogP contribution in [0.15, 0.2) is 29.2 Å². The van der Waals surface area contributed by atoms with E-state index >= 15 is 0 Å². The molecule has 0 radical (unpaired) electrons. The predicted octanol–water partition coefficient (Wildman–Crippen LogP) is 1.94. The Morgan fingerprint density at radius 1 is 1.20 bits per heavy atom. The Balaban J connectivity index is 2.86. The highest BCUT2D eigenvalue weighted by Crippen LogP contribution is 2.19. The van der Waals surface area contributed by atoms with E-state index in [0.29, 0.717) is 23.8 Å². The van der Waals surface area contributed by atoms with Gasteiger partial charge in [-0.05, 0) is 36.6 Å². The monoisotopic (exact) mass is 299 g/mol. The average Bonchev–Trinajstić information content (AvgIpc) is 2.39. The smallest absolute Gasteiger partial charge is 0.179 e. The lowest BCUT2D eigenvalue weighted by atomic mass is 10.0. The van der Waals surface area contributed by atoms with Gasteiger partial charge < -0.3 is 10.4 Å². The molecule has 0 aliphatic heterocycles. The van der Waals surface area contributed by atoms with Gasteiger partial charge in [-0.25, -0.2) is 8.42 Å². The van der Waals surface area contributed by atoms with Gasteiger partial charge in [-0.15, -0.1) is 0 Å². The van der Waals surface area contributed by atoms with Crippen LogP contribution in [0.25, 0.3) is 0 Å². The number of sulfone groups is 1. The van der Waals surface area contributed by atoms with E-state index in [-0.39, 0.29) is 18.4 Å². The first-order chi connectivity index (χ1) is 9.40. The molecular formula is C15H25NO3S. The maximum Gasteiger partial charge on any atom is 0.179 e. The summed E-state index contributed by atoms with van der Waals surface area (Å²) in [5, 5.41) is 12.1. The molecule has 0 bridgehead atoms. The molecule has 1 unspecified atom stereocenters. The number of aliphatic hydroxyl groups excluding tert-OH is 1. The lowest BCUT2D eigenvalue weighted by molar-refractivity contribution is 0.270. The number of rotatable bonds is 8. The van der Waals surface area contributed by atoms with Crippen molar-refractivity contribution in [3.63, 3.8) is 0 Å². The Labute approximate surface area is 122 Å². The molecule has 1 rings (SSSR count). The number of hydrogen-bond acceptors (Lipinski definition) is 4. The van der Waals surface area contributed by atoms with E-state index in [0.717, 1.165) is 5.56 Å². The lowest BCUT2D eigenvalue weighted by Gasteiger charge is -2.17. The summed E-state index contributed by atoms with van der Waals surface area (Å²) in [7, 11) is -3.32. The summed E-state index contributed by atoms with van der Waals surface area (Å²) in [5.41, 5.74) is 1.13. The van der Waals surface area contributed by atoms with Crippen molar-refractivity contribution in [3.8, 4) is 0 Å². The van der Waals surface area contributed by atoms with Gasteiger partial charge in [0, 0.05) is 12.6 Å². The van der Waals surface area contributed by atoms with Gasteiger partial charge in [0.2, 0.25) is 0 Å². The molecule has 0 saturated heterocycles. The van der Waals surface area contributed by atoms with Crippen LogP contribution in [0.5, 0.6) is 0 Å². The van der Waals surface area contributed by atoms with Gasteiger partial charge >= 0.3 is 0 Å². The van der Waals surface area contributed by atoms with Crippen molar-refractivity contribution >= 4 is 9.84 Å². The number of hydrogen-bond donors (Lipinski definition) is 2. The second-order valence-corrected chi connectivity index (χ2v) is 7.31. The topological polar surface area (TPSA) is 66.4 Å². The van der Waals surface area contributed by atoms with E-state index in [1.165, 1.54) is 0 Å². The first-order valence-electron chi connectivity index (χ1n) is 7.07. The molecule has 0 saturated carbocycles. The molecular weight excluding hydrogens is 274 g/mol. The molecule has 2 N–H and O–H groups in total. The Kier molecular flexibility index (Phi) is 6.65. The van der Waals surface area contributed by atoms with Gasteiger partial charge in [0.05, 0.1) is 10.6 Å². The molecule has 0 aliphatic carbocycles. The van der Waals surface area contributed by atoms with Crippen molar-refractivity contribution in [1.82, 2.24) is 5.32 Å². The van der Waals surface area contributed by atoms with Crippen LogP contribution in [-0.4, -0.2) is 38.5 Å². The Morgan fingerprint density at radius 3 is 2.25 bits per heavy atom. The molecule has 1 aromatic carbocycles. The van der Waals surface area contributed by atoms with E-state index in [1.807, 2.05) is 19.1 Å². The molecule has 5 heteroatoms. The normalized spacial score (nSPS) is 13.7. The van der Waals surface area contributed by atoms with Crippen LogP contribution in [-0.2, 0) is 9.84 Å². The Bertz CT molecular complexity index is 488. The molecule has 0 fully saturated rings. The maximum atomic E-state index is 12.4. The number of aliphatic hydroxyl groups is 1. The van der Waals surface area contributed by atoms with Gasteiger partial charge in [0.15, 0.2) is 9.84 Å². The van der Waals surface area contributed by atoms with E-state index < -0.39 is 9.84 Å². The van der Waals surface area contributed by atoms with Crippen molar-refractivity contribution in [2.75, 3.05) is 18.9 Å². The molecule has 1 atom stereocenters. The molecule has 0 spiro atoms.